The van der Waals surface area contributed by atoms with Crippen LogP contribution in [0.25, 0.3) is 0 Å². The van der Waals surface area contributed by atoms with Gasteiger partial charge in [-0.1, -0.05) is 25.4 Å². The maximum Gasteiger partial charge on any atom is 0.262 e. The Morgan fingerprint density at radius 3 is 2.37 bits per heavy atom. The van der Waals surface area contributed by atoms with E-state index in [4.69, 9.17) is 16.3 Å². The fourth-order valence-corrected chi connectivity index (χ4v) is 3.97. The van der Waals surface area contributed by atoms with Crippen LogP contribution < -0.4 is 10.1 Å². The Hall–Kier alpha value is -2.29. The van der Waals surface area contributed by atoms with Crippen LogP contribution in [0.2, 0.25) is 5.02 Å². The Kier molecular flexibility index (Phi) is 7.06. The van der Waals surface area contributed by atoms with E-state index in [-0.39, 0.29) is 22.9 Å². The zero-order valence-electron chi connectivity index (χ0n) is 15.0. The highest BCUT2D eigenvalue weighted by Crippen LogP contribution is 2.28. The molecule has 9 heteroatoms. The van der Waals surface area contributed by atoms with Crippen LogP contribution in [0, 0.1) is 0 Å². The smallest absolute Gasteiger partial charge is 0.262 e. The first-order chi connectivity index (χ1) is 12.8. The van der Waals surface area contributed by atoms with Gasteiger partial charge in [0.25, 0.3) is 5.91 Å². The molecule has 0 heterocycles. The number of benzene rings is 2. The number of rotatable bonds is 8. The van der Waals surface area contributed by atoms with Crippen LogP contribution >= 0.6 is 11.6 Å². The van der Waals surface area contributed by atoms with Gasteiger partial charge in [0.1, 0.15) is 11.5 Å². The Balaban J connectivity index is 2.11. The lowest BCUT2D eigenvalue weighted by atomic mass is 10.3. The van der Waals surface area contributed by atoms with Crippen molar-refractivity contribution in [2.24, 2.45) is 0 Å². The van der Waals surface area contributed by atoms with E-state index in [0.29, 0.717) is 23.9 Å². The zero-order valence-corrected chi connectivity index (χ0v) is 16.5. The van der Waals surface area contributed by atoms with Gasteiger partial charge in [0.2, 0.25) is 10.0 Å². The number of ether oxygens (including phenoxy) is 1. The molecule has 2 aromatic rings. The van der Waals surface area contributed by atoms with Crippen LogP contribution in [0.4, 0.5) is 5.69 Å². The van der Waals surface area contributed by atoms with E-state index < -0.39 is 15.9 Å². The van der Waals surface area contributed by atoms with Gasteiger partial charge < -0.3 is 15.2 Å². The molecule has 0 aliphatic heterocycles. The fourth-order valence-electron chi connectivity index (χ4n) is 2.35. The van der Waals surface area contributed by atoms with Crippen molar-refractivity contribution in [2.45, 2.75) is 18.7 Å². The molecule has 0 aliphatic carbocycles. The third-order valence-corrected chi connectivity index (χ3v) is 6.07. The summed E-state index contributed by atoms with van der Waals surface area (Å²) in [6.07, 6.45) is 0. The van der Waals surface area contributed by atoms with Crippen molar-refractivity contribution >= 4 is 33.2 Å². The van der Waals surface area contributed by atoms with Crippen LogP contribution in [-0.2, 0) is 14.8 Å². The quantitative estimate of drug-likeness (QED) is 0.649. The van der Waals surface area contributed by atoms with Crippen LogP contribution in [0.5, 0.6) is 11.5 Å². The van der Waals surface area contributed by atoms with Crippen LogP contribution in [0.3, 0.4) is 0 Å². The third-order valence-electron chi connectivity index (χ3n) is 3.77. The second-order valence-corrected chi connectivity index (χ2v) is 7.93. The van der Waals surface area contributed by atoms with Gasteiger partial charge in [-0.05, 0) is 42.5 Å². The number of carbonyl (C=O) groups excluding carboxylic acids is 1. The average molecular weight is 413 g/mol. The molecule has 0 saturated heterocycles. The average Bonchev–Trinajstić information content (AvgIpc) is 2.63. The molecule has 2 aromatic carbocycles. The first-order valence-electron chi connectivity index (χ1n) is 8.29. The highest BCUT2D eigenvalue weighted by Gasteiger charge is 2.23. The molecule has 0 atom stereocenters. The van der Waals surface area contributed by atoms with Gasteiger partial charge in [-0.2, -0.15) is 4.31 Å². The normalized spacial score (nSPS) is 11.4. The number of phenolic OH excluding ortho intramolecular Hbond substituents is 1. The van der Waals surface area contributed by atoms with Crippen LogP contribution in [-0.4, -0.2) is 43.4 Å². The molecule has 146 valence electrons. The predicted molar refractivity (Wildman–Crippen MR) is 104 cm³/mol. The fraction of sp³-hybridized carbons (Fsp3) is 0.278. The maximum atomic E-state index is 12.6. The van der Waals surface area contributed by atoms with Crippen molar-refractivity contribution in [2.75, 3.05) is 25.0 Å². The van der Waals surface area contributed by atoms with E-state index >= 15 is 0 Å². The van der Waals surface area contributed by atoms with E-state index in [1.165, 1.54) is 22.5 Å². The van der Waals surface area contributed by atoms with Crippen LogP contribution in [0.15, 0.2) is 47.4 Å². The minimum Gasteiger partial charge on any atom is -0.506 e. The Morgan fingerprint density at radius 2 is 1.78 bits per heavy atom. The molecule has 1 amide bonds. The minimum atomic E-state index is -3.71. The van der Waals surface area contributed by atoms with Crippen molar-refractivity contribution in [1.82, 2.24) is 4.31 Å². The predicted octanol–water partition coefficient (Wildman–Crippen LogP) is 3.09. The summed E-state index contributed by atoms with van der Waals surface area (Å²) in [5.74, 6) is -0.331. The number of hydrogen-bond acceptors (Lipinski definition) is 5. The molecule has 0 unspecified atom stereocenters. The molecule has 0 aliphatic rings. The van der Waals surface area contributed by atoms with Gasteiger partial charge in [-0.15, -0.1) is 0 Å². The Bertz CT molecular complexity index is 896. The van der Waals surface area contributed by atoms with Crippen molar-refractivity contribution in [3.8, 4) is 11.5 Å². The van der Waals surface area contributed by atoms with Gasteiger partial charge in [0.05, 0.1) is 10.6 Å². The SMILES string of the molecule is CCN(CC)S(=O)(=O)c1ccc(O)c(NC(=O)COc2ccc(Cl)cc2)c1. The topological polar surface area (TPSA) is 95.9 Å². The lowest BCUT2D eigenvalue weighted by molar-refractivity contribution is -0.118. The Labute approximate surface area is 163 Å². The summed E-state index contributed by atoms with van der Waals surface area (Å²) in [5, 5.41) is 12.9. The lowest BCUT2D eigenvalue weighted by Crippen LogP contribution is -2.30. The van der Waals surface area contributed by atoms with Crippen molar-refractivity contribution < 1.29 is 23.1 Å². The zero-order chi connectivity index (χ0) is 20.0. The molecule has 0 bridgehead atoms. The standard InChI is InChI=1S/C18H21ClN2O5S/c1-3-21(4-2)27(24,25)15-9-10-17(22)16(11-15)20-18(23)12-26-14-7-5-13(19)6-8-14/h5-11,22H,3-4,12H2,1-2H3,(H,20,23). The highest BCUT2D eigenvalue weighted by molar-refractivity contribution is 7.89. The van der Waals surface area contributed by atoms with Crippen molar-refractivity contribution in [1.29, 1.82) is 0 Å². The summed E-state index contributed by atoms with van der Waals surface area (Å²) in [6.45, 7) is 3.79. The summed E-state index contributed by atoms with van der Waals surface area (Å²) >= 11 is 5.78. The number of anilines is 1. The summed E-state index contributed by atoms with van der Waals surface area (Å²) < 4.78 is 31.8. The number of hydrogen-bond donors (Lipinski definition) is 2. The second kappa shape index (κ2) is 9.07. The van der Waals surface area contributed by atoms with Gasteiger partial charge in [-0.25, -0.2) is 8.42 Å². The molecule has 0 spiro atoms. The minimum absolute atomic E-state index is 0.00654. The number of amides is 1. The van der Waals surface area contributed by atoms with Gasteiger partial charge in [0.15, 0.2) is 6.61 Å². The van der Waals surface area contributed by atoms with Gasteiger partial charge in [-0.3, -0.25) is 4.79 Å². The van der Waals surface area contributed by atoms with E-state index in [2.05, 4.69) is 5.32 Å². The second-order valence-electron chi connectivity index (χ2n) is 5.56. The number of nitrogens with zero attached hydrogens (tertiary/aromatic N) is 1. The maximum absolute atomic E-state index is 12.6. The summed E-state index contributed by atoms with van der Waals surface area (Å²) in [7, 11) is -3.71. The number of carbonyl (C=O) groups is 1. The van der Waals surface area contributed by atoms with E-state index in [0.717, 1.165) is 0 Å². The van der Waals surface area contributed by atoms with E-state index in [9.17, 15) is 18.3 Å². The van der Waals surface area contributed by atoms with Crippen LogP contribution in [0.1, 0.15) is 13.8 Å². The first-order valence-corrected chi connectivity index (χ1v) is 10.1. The number of nitrogens with one attached hydrogen (secondary N) is 1. The molecule has 0 aromatic heterocycles. The largest absolute Gasteiger partial charge is 0.506 e. The molecule has 0 radical (unpaired) electrons. The summed E-state index contributed by atoms with van der Waals surface area (Å²) in [6, 6.07) is 10.2. The van der Waals surface area contributed by atoms with E-state index in [1.807, 2.05) is 0 Å². The first kappa shape index (κ1) is 21.0. The molecular formula is C18H21ClN2O5S. The molecule has 0 fully saturated rings. The molecular weight excluding hydrogens is 392 g/mol. The molecule has 2 rings (SSSR count). The van der Waals surface area contributed by atoms with E-state index in [1.54, 1.807) is 38.1 Å². The number of halogens is 1. The van der Waals surface area contributed by atoms with Gasteiger partial charge >= 0.3 is 0 Å². The van der Waals surface area contributed by atoms with Gasteiger partial charge in [0, 0.05) is 18.1 Å². The third kappa shape index (κ3) is 5.35. The molecule has 2 N–H and O–H groups in total. The van der Waals surface area contributed by atoms with Crippen molar-refractivity contribution in [3.05, 3.63) is 47.5 Å². The lowest BCUT2D eigenvalue weighted by Gasteiger charge is -2.19. The molecule has 7 nitrogen and oxygen atoms in total. The summed E-state index contributed by atoms with van der Waals surface area (Å²) in [5.41, 5.74) is -0.00654. The number of aromatic hydroxyl groups is 1. The molecule has 0 saturated carbocycles. The van der Waals surface area contributed by atoms with Crippen molar-refractivity contribution in [3.63, 3.8) is 0 Å². The summed E-state index contributed by atoms with van der Waals surface area (Å²) in [4.78, 5) is 12.1. The Morgan fingerprint density at radius 1 is 1.15 bits per heavy atom. The number of sulfonamides is 1. The number of phenols is 1. The highest BCUT2D eigenvalue weighted by atomic mass is 35.5. The molecule has 27 heavy (non-hydrogen) atoms. The monoisotopic (exact) mass is 412 g/mol.